The quantitative estimate of drug-likeness (QED) is 0.0298. The first-order chi connectivity index (χ1) is 22.9. The van der Waals surface area contributed by atoms with Crippen molar-refractivity contribution in [3.05, 3.63) is 24.3 Å². The van der Waals surface area contributed by atoms with Crippen molar-refractivity contribution in [1.82, 2.24) is 9.44 Å². The molecular formula is C36H68MgN2O8S2. The maximum atomic E-state index is 11.1. The molecule has 10 nitrogen and oxygen atoms in total. The molecule has 0 spiro atoms. The van der Waals surface area contributed by atoms with Crippen LogP contribution in [0.3, 0.4) is 0 Å². The first-order valence-corrected chi connectivity index (χ1v) is 21.6. The molecule has 49 heavy (non-hydrogen) atoms. The molecule has 0 saturated carbocycles. The van der Waals surface area contributed by atoms with Crippen molar-refractivity contribution in [2.45, 2.75) is 194 Å². The van der Waals surface area contributed by atoms with Crippen molar-refractivity contribution in [3.8, 4) is 0 Å². The number of allylic oxidation sites excluding steroid dienone is 4. The Hall–Kier alpha value is -0.994. The number of hydrogen-bond acceptors (Lipinski definition) is 8. The van der Waals surface area contributed by atoms with Crippen LogP contribution in [0.1, 0.15) is 194 Å². The Balaban J connectivity index is -0.000000846. The zero-order valence-corrected chi connectivity index (χ0v) is 33.9. The number of carbonyl (C=O) groups is 2. The van der Waals surface area contributed by atoms with Crippen LogP contribution in [0.25, 0.3) is 0 Å². The molecule has 284 valence electrons. The summed E-state index contributed by atoms with van der Waals surface area (Å²) in [4.78, 5) is 22.2. The van der Waals surface area contributed by atoms with Gasteiger partial charge in [0.05, 0.1) is 0 Å². The normalized spacial score (nSPS) is 11.7. The molecule has 0 aliphatic carbocycles. The Kier molecular flexibility index (Phi) is 40.9. The predicted molar refractivity (Wildman–Crippen MR) is 200 cm³/mol. The van der Waals surface area contributed by atoms with Crippen LogP contribution < -0.4 is 9.44 Å². The maximum Gasteiger partial charge on any atom is 2.00 e. The van der Waals surface area contributed by atoms with Crippen LogP contribution in [0.2, 0.25) is 0 Å². The molecule has 0 unspecified atom stereocenters. The summed E-state index contributed by atoms with van der Waals surface area (Å²) in [6.45, 7) is 4.47. The van der Waals surface area contributed by atoms with Gasteiger partial charge in [-0.3, -0.25) is 19.0 Å². The first kappa shape index (κ1) is 52.4. The average molecular weight is 745 g/mol. The van der Waals surface area contributed by atoms with E-state index in [1.165, 1.54) is 99.3 Å². The van der Waals surface area contributed by atoms with Gasteiger partial charge in [0.2, 0.25) is 11.8 Å². The first-order valence-electron chi connectivity index (χ1n) is 18.7. The Labute approximate surface area is 316 Å². The van der Waals surface area contributed by atoms with Crippen LogP contribution in [-0.2, 0) is 30.2 Å². The summed E-state index contributed by atoms with van der Waals surface area (Å²) >= 11 is 0. The van der Waals surface area contributed by atoms with Crippen LogP contribution in [0.5, 0.6) is 0 Å². The van der Waals surface area contributed by atoms with E-state index in [0.29, 0.717) is 12.8 Å². The van der Waals surface area contributed by atoms with Gasteiger partial charge in [-0.2, -0.15) is 0 Å². The summed E-state index contributed by atoms with van der Waals surface area (Å²) in [6, 6.07) is 0. The topological polar surface area (TPSA) is 173 Å². The van der Waals surface area contributed by atoms with Crippen LogP contribution >= 0.6 is 0 Å². The molecule has 0 aliphatic rings. The molecule has 0 radical (unpaired) electrons. The summed E-state index contributed by atoms with van der Waals surface area (Å²) in [5.74, 6) is -1.41. The van der Waals surface area contributed by atoms with Crippen molar-refractivity contribution >= 4 is 55.5 Å². The fraction of sp³-hybridized carbons (Fsp3) is 0.833. The average Bonchev–Trinajstić information content (AvgIpc) is 2.99. The van der Waals surface area contributed by atoms with Crippen LogP contribution in [0.4, 0.5) is 0 Å². The van der Waals surface area contributed by atoms with E-state index in [4.69, 9.17) is 0 Å². The van der Waals surface area contributed by atoms with Crippen LogP contribution in [0, 0.1) is 0 Å². The molecule has 0 bridgehead atoms. The molecule has 2 amide bonds. The summed E-state index contributed by atoms with van der Waals surface area (Å²) < 4.78 is 64.7. The number of hydrogen-bond donors (Lipinski definition) is 2. The van der Waals surface area contributed by atoms with Gasteiger partial charge in [-0.1, -0.05) is 141 Å². The molecule has 0 atom stereocenters. The second-order valence-corrected chi connectivity index (χ2v) is 14.9. The van der Waals surface area contributed by atoms with Crippen molar-refractivity contribution in [1.29, 1.82) is 0 Å². The number of nitrogens with one attached hydrogen (secondary N) is 2. The van der Waals surface area contributed by atoms with E-state index >= 15 is 0 Å². The monoisotopic (exact) mass is 744 g/mol. The third kappa shape index (κ3) is 51.5. The predicted octanol–water partition coefficient (Wildman–Crippen LogP) is 8.82. The van der Waals surface area contributed by atoms with Crippen molar-refractivity contribution in [2.75, 3.05) is 0 Å². The van der Waals surface area contributed by atoms with Crippen molar-refractivity contribution in [3.63, 3.8) is 0 Å². The van der Waals surface area contributed by atoms with E-state index < -0.39 is 32.4 Å². The second-order valence-electron chi connectivity index (χ2n) is 12.6. The fourth-order valence-electron chi connectivity index (χ4n) is 5.09. The van der Waals surface area contributed by atoms with E-state index in [1.54, 1.807) is 0 Å². The Bertz CT molecular complexity index is 954. The Morgan fingerprint density at radius 3 is 0.898 bits per heavy atom. The zero-order chi connectivity index (χ0) is 36.2. The molecule has 0 aliphatic heterocycles. The third-order valence-electron chi connectivity index (χ3n) is 7.81. The van der Waals surface area contributed by atoms with E-state index in [1.807, 2.05) is 0 Å². The summed E-state index contributed by atoms with van der Waals surface area (Å²) in [5, 5.41) is 0. The molecule has 0 aromatic rings. The molecule has 13 heteroatoms. The summed E-state index contributed by atoms with van der Waals surface area (Å²) in [7, 11) is -9.30. The molecule has 0 heterocycles. The minimum atomic E-state index is -4.65. The van der Waals surface area contributed by atoms with E-state index in [-0.39, 0.29) is 35.9 Å². The van der Waals surface area contributed by atoms with Gasteiger partial charge in [-0.25, -0.2) is 16.8 Å². The number of carbonyl (C=O) groups excluding carboxylic acids is 2. The number of amides is 2. The second kappa shape index (κ2) is 38.2. The number of rotatable bonds is 32. The van der Waals surface area contributed by atoms with Crippen LogP contribution in [0.15, 0.2) is 24.3 Å². The van der Waals surface area contributed by atoms with Gasteiger partial charge >= 0.3 is 23.1 Å². The molecule has 0 aromatic heterocycles. The van der Waals surface area contributed by atoms with Gasteiger partial charge in [-0.15, -0.1) is 0 Å². The maximum absolute atomic E-state index is 11.1. The summed E-state index contributed by atoms with van der Waals surface area (Å²) in [5.41, 5.74) is 0. The largest absolute Gasteiger partial charge is 2.00 e. The van der Waals surface area contributed by atoms with E-state index in [0.717, 1.165) is 64.2 Å². The van der Waals surface area contributed by atoms with Crippen LogP contribution in [-0.4, -0.2) is 60.8 Å². The van der Waals surface area contributed by atoms with Gasteiger partial charge in [-0.05, 0) is 64.2 Å². The Morgan fingerprint density at radius 2 is 0.653 bits per heavy atom. The molecule has 2 N–H and O–H groups in total. The van der Waals surface area contributed by atoms with Gasteiger partial charge in [0.15, 0.2) is 20.6 Å². The Morgan fingerprint density at radius 1 is 0.429 bits per heavy atom. The SMILES string of the molecule is CCCCCCCC/C=C\CCCCCCCC(=O)NS(=O)(=O)[O-].CCCCCCCC/C=C\CCCCCCCC(=O)NS(=O)(=O)[O-].[Mg+2]. The van der Waals surface area contributed by atoms with E-state index in [9.17, 15) is 35.5 Å². The smallest absolute Gasteiger partial charge is 0.731 e. The van der Waals surface area contributed by atoms with Gasteiger partial charge < -0.3 is 9.11 Å². The molecular weight excluding hydrogens is 677 g/mol. The minimum Gasteiger partial charge on any atom is -0.731 e. The van der Waals surface area contributed by atoms with Gasteiger partial charge in [0.25, 0.3) is 0 Å². The molecule has 0 rings (SSSR count). The zero-order valence-electron chi connectivity index (χ0n) is 30.9. The van der Waals surface area contributed by atoms with E-state index in [2.05, 4.69) is 38.2 Å². The van der Waals surface area contributed by atoms with Gasteiger partial charge in [0, 0.05) is 12.8 Å². The number of unbranched alkanes of at least 4 members (excludes halogenated alkanes) is 22. The minimum absolute atomic E-state index is 0. The summed E-state index contributed by atoms with van der Waals surface area (Å²) in [6.07, 6.45) is 39.5. The molecule has 0 fully saturated rings. The third-order valence-corrected chi connectivity index (χ3v) is 8.76. The van der Waals surface area contributed by atoms with Crippen molar-refractivity contribution in [2.24, 2.45) is 0 Å². The fourth-order valence-corrected chi connectivity index (χ4v) is 5.86. The van der Waals surface area contributed by atoms with Crippen molar-refractivity contribution < 1.29 is 35.5 Å². The molecule has 0 saturated heterocycles. The molecule has 0 aromatic carbocycles. The standard InChI is InChI=1S/2C18H35NO4S.Mg/c2*1-2-3-4-5-6-7-8-9-10-11-12-13-14-15-16-17-18(20)19-24(21,22)23;/h2*9-10H,2-8,11-17H2,1H3,(H,19,20)(H,21,22,23);/q;;+2/p-2/b2*10-9-;. The van der Waals surface area contributed by atoms with Gasteiger partial charge in [0.1, 0.15) is 0 Å².